The number of hydrogen-bond donors (Lipinski definition) is 2. The number of anilines is 1. The lowest BCUT2D eigenvalue weighted by Crippen LogP contribution is -2.24. The molecule has 0 bridgehead atoms. The number of rotatable bonds is 2. The van der Waals surface area contributed by atoms with Crippen molar-refractivity contribution in [2.75, 3.05) is 12.3 Å². The second kappa shape index (κ2) is 4.32. The van der Waals surface area contributed by atoms with Crippen LogP contribution in [0.15, 0.2) is 22.7 Å². The summed E-state index contributed by atoms with van der Waals surface area (Å²) in [4.78, 5) is 0. The number of benzene rings is 1. The molecule has 3 N–H and O–H groups in total. The van der Waals surface area contributed by atoms with Crippen LogP contribution in [-0.4, -0.2) is 12.6 Å². The molecule has 1 aromatic rings. The summed E-state index contributed by atoms with van der Waals surface area (Å²) in [5.74, 6) is 0. The highest BCUT2D eigenvalue weighted by Crippen LogP contribution is 2.25. The molecule has 0 aliphatic carbocycles. The molecule has 1 saturated heterocycles. The quantitative estimate of drug-likeness (QED) is 0.796. The van der Waals surface area contributed by atoms with Crippen LogP contribution in [0.2, 0.25) is 0 Å². The molecule has 0 spiro atoms. The number of nitrogens with two attached hydrogens (primary N) is 1. The summed E-state index contributed by atoms with van der Waals surface area (Å²) in [5.41, 5.74) is 8.12. The minimum atomic E-state index is 0.617. The van der Waals surface area contributed by atoms with E-state index < -0.39 is 0 Å². The number of nitrogen functional groups attached to an aromatic ring is 1. The summed E-state index contributed by atoms with van der Waals surface area (Å²) >= 11 is 3.45. The molecular weight excluding hydrogens is 240 g/mol. The van der Waals surface area contributed by atoms with Gasteiger partial charge in [-0.1, -0.05) is 12.1 Å². The van der Waals surface area contributed by atoms with E-state index in [1.165, 1.54) is 18.4 Å². The van der Waals surface area contributed by atoms with Gasteiger partial charge in [0, 0.05) is 16.2 Å². The van der Waals surface area contributed by atoms with Crippen molar-refractivity contribution < 1.29 is 0 Å². The second-order valence-corrected chi connectivity index (χ2v) is 4.66. The topological polar surface area (TPSA) is 38.0 Å². The molecule has 1 fully saturated rings. The Morgan fingerprint density at radius 1 is 1.50 bits per heavy atom. The maximum absolute atomic E-state index is 5.99. The zero-order chi connectivity index (χ0) is 9.97. The Kier molecular flexibility index (Phi) is 3.08. The van der Waals surface area contributed by atoms with Gasteiger partial charge in [-0.05, 0) is 53.4 Å². The van der Waals surface area contributed by atoms with Crippen LogP contribution in [0.25, 0.3) is 0 Å². The molecule has 1 atom stereocenters. The fourth-order valence-corrected chi connectivity index (χ4v) is 2.36. The Balaban J connectivity index is 2.11. The van der Waals surface area contributed by atoms with E-state index in [0.717, 1.165) is 23.1 Å². The predicted octanol–water partition coefficient (Wildman–Crippen LogP) is 2.33. The summed E-state index contributed by atoms with van der Waals surface area (Å²) in [7, 11) is 0. The van der Waals surface area contributed by atoms with Crippen LogP contribution < -0.4 is 11.1 Å². The van der Waals surface area contributed by atoms with Crippen LogP contribution in [-0.2, 0) is 6.42 Å². The van der Waals surface area contributed by atoms with E-state index in [-0.39, 0.29) is 0 Å². The van der Waals surface area contributed by atoms with Crippen molar-refractivity contribution in [3.63, 3.8) is 0 Å². The highest BCUT2D eigenvalue weighted by Gasteiger charge is 2.15. The maximum Gasteiger partial charge on any atom is 0.0491 e. The maximum atomic E-state index is 5.99. The molecule has 76 valence electrons. The normalized spacial score (nSPS) is 21.4. The third-order valence-corrected chi connectivity index (χ3v) is 3.46. The SMILES string of the molecule is Nc1c(Br)cccc1CC1CCCN1. The summed E-state index contributed by atoms with van der Waals surface area (Å²) in [6.45, 7) is 1.15. The van der Waals surface area contributed by atoms with E-state index in [2.05, 4.69) is 27.3 Å². The second-order valence-electron chi connectivity index (χ2n) is 3.81. The molecular formula is C11H15BrN2. The number of para-hydroxylation sites is 1. The molecule has 3 heteroatoms. The monoisotopic (exact) mass is 254 g/mol. The van der Waals surface area contributed by atoms with Crippen LogP contribution in [0.5, 0.6) is 0 Å². The highest BCUT2D eigenvalue weighted by molar-refractivity contribution is 9.10. The summed E-state index contributed by atoms with van der Waals surface area (Å²) in [6.07, 6.45) is 3.61. The van der Waals surface area contributed by atoms with E-state index in [4.69, 9.17) is 5.73 Å². The molecule has 1 aliphatic heterocycles. The fraction of sp³-hybridized carbons (Fsp3) is 0.455. The molecule has 1 aromatic carbocycles. The van der Waals surface area contributed by atoms with Crippen LogP contribution >= 0.6 is 15.9 Å². The molecule has 0 amide bonds. The van der Waals surface area contributed by atoms with Crippen molar-refractivity contribution in [1.29, 1.82) is 0 Å². The summed E-state index contributed by atoms with van der Waals surface area (Å²) in [5, 5.41) is 3.48. The van der Waals surface area contributed by atoms with Gasteiger partial charge in [0.1, 0.15) is 0 Å². The molecule has 2 nitrogen and oxygen atoms in total. The lowest BCUT2D eigenvalue weighted by Gasteiger charge is -2.12. The minimum absolute atomic E-state index is 0.617. The predicted molar refractivity (Wildman–Crippen MR) is 63.3 cm³/mol. The van der Waals surface area contributed by atoms with Crippen molar-refractivity contribution >= 4 is 21.6 Å². The van der Waals surface area contributed by atoms with Gasteiger partial charge in [-0.2, -0.15) is 0 Å². The van der Waals surface area contributed by atoms with Gasteiger partial charge >= 0.3 is 0 Å². The van der Waals surface area contributed by atoms with E-state index in [1.54, 1.807) is 0 Å². The number of nitrogens with one attached hydrogen (secondary N) is 1. The van der Waals surface area contributed by atoms with Crippen molar-refractivity contribution in [1.82, 2.24) is 5.32 Å². The molecule has 0 aromatic heterocycles. The van der Waals surface area contributed by atoms with Gasteiger partial charge in [0.05, 0.1) is 0 Å². The van der Waals surface area contributed by atoms with Crippen LogP contribution in [0.4, 0.5) is 5.69 Å². The van der Waals surface area contributed by atoms with E-state index in [9.17, 15) is 0 Å². The van der Waals surface area contributed by atoms with Crippen molar-refractivity contribution in [2.45, 2.75) is 25.3 Å². The summed E-state index contributed by atoms with van der Waals surface area (Å²) in [6, 6.07) is 6.76. The Morgan fingerprint density at radius 2 is 2.36 bits per heavy atom. The first-order valence-electron chi connectivity index (χ1n) is 5.03. The van der Waals surface area contributed by atoms with Gasteiger partial charge < -0.3 is 11.1 Å². The Hall–Kier alpha value is -0.540. The fourth-order valence-electron chi connectivity index (χ4n) is 1.96. The largest absolute Gasteiger partial charge is 0.398 e. The third kappa shape index (κ3) is 2.10. The number of halogens is 1. The van der Waals surface area contributed by atoms with Gasteiger partial charge in [-0.3, -0.25) is 0 Å². The van der Waals surface area contributed by atoms with Crippen molar-refractivity contribution in [3.8, 4) is 0 Å². The number of hydrogen-bond acceptors (Lipinski definition) is 2. The van der Waals surface area contributed by atoms with Gasteiger partial charge in [0.25, 0.3) is 0 Å². The van der Waals surface area contributed by atoms with Gasteiger partial charge in [-0.25, -0.2) is 0 Å². The standard InChI is InChI=1S/C11H15BrN2/c12-10-5-1-3-8(11(10)13)7-9-4-2-6-14-9/h1,3,5,9,14H,2,4,6-7,13H2. The third-order valence-electron chi connectivity index (χ3n) is 2.77. The first kappa shape index (κ1) is 9.99. The first-order valence-corrected chi connectivity index (χ1v) is 5.83. The van der Waals surface area contributed by atoms with Crippen molar-refractivity contribution in [2.24, 2.45) is 0 Å². The molecule has 1 heterocycles. The van der Waals surface area contributed by atoms with Crippen LogP contribution in [0.1, 0.15) is 18.4 Å². The first-order chi connectivity index (χ1) is 6.77. The molecule has 2 rings (SSSR count). The van der Waals surface area contributed by atoms with Crippen LogP contribution in [0.3, 0.4) is 0 Å². The van der Waals surface area contributed by atoms with Gasteiger partial charge in [0.15, 0.2) is 0 Å². The minimum Gasteiger partial charge on any atom is -0.398 e. The molecule has 0 radical (unpaired) electrons. The zero-order valence-corrected chi connectivity index (χ0v) is 9.68. The Morgan fingerprint density at radius 3 is 3.07 bits per heavy atom. The molecule has 1 unspecified atom stereocenters. The van der Waals surface area contributed by atoms with Gasteiger partial charge in [0.2, 0.25) is 0 Å². The molecule has 14 heavy (non-hydrogen) atoms. The van der Waals surface area contributed by atoms with E-state index in [0.29, 0.717) is 6.04 Å². The van der Waals surface area contributed by atoms with Crippen molar-refractivity contribution in [3.05, 3.63) is 28.2 Å². The average molecular weight is 255 g/mol. The Bertz CT molecular complexity index is 319. The van der Waals surface area contributed by atoms with Gasteiger partial charge in [-0.15, -0.1) is 0 Å². The van der Waals surface area contributed by atoms with E-state index >= 15 is 0 Å². The van der Waals surface area contributed by atoms with E-state index in [1.807, 2.05) is 12.1 Å². The summed E-state index contributed by atoms with van der Waals surface area (Å²) < 4.78 is 1.01. The highest BCUT2D eigenvalue weighted by atomic mass is 79.9. The molecule has 1 aliphatic rings. The average Bonchev–Trinajstić information content (AvgIpc) is 2.66. The Labute approximate surface area is 93.0 Å². The lowest BCUT2D eigenvalue weighted by molar-refractivity contribution is 0.604. The zero-order valence-electron chi connectivity index (χ0n) is 8.09. The molecule has 0 saturated carbocycles. The lowest BCUT2D eigenvalue weighted by atomic mass is 10.0. The smallest absolute Gasteiger partial charge is 0.0491 e. The van der Waals surface area contributed by atoms with Crippen LogP contribution in [0, 0.1) is 0 Å².